The van der Waals surface area contributed by atoms with Gasteiger partial charge in [-0.1, -0.05) is 0 Å². The van der Waals surface area contributed by atoms with Gasteiger partial charge in [0.05, 0.1) is 19.8 Å². The summed E-state index contributed by atoms with van der Waals surface area (Å²) >= 11 is 0. The maximum atomic E-state index is 11.6. The molecule has 0 aliphatic carbocycles. The second-order valence-corrected chi connectivity index (χ2v) is 4.98. The van der Waals surface area contributed by atoms with Crippen LogP contribution >= 0.6 is 0 Å². The molecule has 1 aliphatic heterocycles. The molecule has 0 unspecified atom stereocenters. The van der Waals surface area contributed by atoms with E-state index in [4.69, 9.17) is 14.2 Å². The lowest BCUT2D eigenvalue weighted by Crippen LogP contribution is -2.35. The molecule has 1 fully saturated rings. The highest BCUT2D eigenvalue weighted by Crippen LogP contribution is 2.30. The minimum absolute atomic E-state index is 0.160. The van der Waals surface area contributed by atoms with E-state index in [2.05, 4.69) is 11.9 Å². The van der Waals surface area contributed by atoms with Gasteiger partial charge in [0.2, 0.25) is 0 Å². The molecule has 20 heavy (non-hydrogen) atoms. The molecule has 0 radical (unpaired) electrons. The van der Waals surface area contributed by atoms with Gasteiger partial charge >= 0.3 is 5.97 Å². The highest BCUT2D eigenvalue weighted by molar-refractivity contribution is 5.90. The summed E-state index contributed by atoms with van der Waals surface area (Å²) in [7, 11) is 5.06. The van der Waals surface area contributed by atoms with Crippen molar-refractivity contribution in [3.05, 3.63) is 23.8 Å². The molecule has 0 aromatic heterocycles. The molecule has 0 atom stereocenters. The Morgan fingerprint density at radius 2 is 1.90 bits per heavy atom. The molecule has 0 saturated carbocycles. The molecule has 1 saturated heterocycles. The van der Waals surface area contributed by atoms with Crippen LogP contribution in [0.1, 0.15) is 23.2 Å². The monoisotopic (exact) mass is 279 g/mol. The van der Waals surface area contributed by atoms with Crippen molar-refractivity contribution in [1.82, 2.24) is 4.90 Å². The summed E-state index contributed by atoms with van der Waals surface area (Å²) in [4.78, 5) is 13.9. The first-order chi connectivity index (χ1) is 9.63. The van der Waals surface area contributed by atoms with Gasteiger partial charge in [-0.05, 0) is 38.1 Å². The Kier molecular flexibility index (Phi) is 4.84. The number of benzene rings is 1. The van der Waals surface area contributed by atoms with E-state index < -0.39 is 0 Å². The molecular weight excluding hydrogens is 258 g/mol. The second-order valence-electron chi connectivity index (χ2n) is 4.98. The largest absolute Gasteiger partial charge is 0.493 e. The number of carbonyl (C=O) groups excluding carboxylic acids is 1. The number of methoxy groups -OCH3 is 2. The average molecular weight is 279 g/mol. The molecule has 1 aromatic rings. The normalized spacial score (nSPS) is 16.8. The molecule has 1 heterocycles. The Hall–Kier alpha value is -1.75. The Balaban J connectivity index is 2.14. The van der Waals surface area contributed by atoms with Crippen molar-refractivity contribution in [3.63, 3.8) is 0 Å². The lowest BCUT2D eigenvalue weighted by atomic mass is 10.1. The second kappa shape index (κ2) is 6.61. The minimum Gasteiger partial charge on any atom is -0.493 e. The Morgan fingerprint density at radius 1 is 1.20 bits per heavy atom. The van der Waals surface area contributed by atoms with Crippen LogP contribution in [0.4, 0.5) is 0 Å². The Labute approximate surface area is 119 Å². The fraction of sp³-hybridized carbons (Fsp3) is 0.533. The topological polar surface area (TPSA) is 48.0 Å². The highest BCUT2D eigenvalue weighted by Gasteiger charge is 2.20. The van der Waals surface area contributed by atoms with E-state index in [1.807, 2.05) is 0 Å². The summed E-state index contributed by atoms with van der Waals surface area (Å²) in [6, 6.07) is 5.09. The number of esters is 1. The number of ether oxygens (including phenoxy) is 3. The summed E-state index contributed by atoms with van der Waals surface area (Å²) in [6.07, 6.45) is 2.11. The van der Waals surface area contributed by atoms with Gasteiger partial charge in [-0.25, -0.2) is 4.79 Å². The zero-order chi connectivity index (χ0) is 14.5. The van der Waals surface area contributed by atoms with Gasteiger partial charge in [-0.2, -0.15) is 0 Å². The van der Waals surface area contributed by atoms with Crippen LogP contribution < -0.4 is 9.47 Å². The van der Waals surface area contributed by atoms with Gasteiger partial charge in [0.25, 0.3) is 0 Å². The average Bonchev–Trinajstić information content (AvgIpc) is 2.48. The summed E-state index contributed by atoms with van der Waals surface area (Å²) in [5, 5.41) is 0. The van der Waals surface area contributed by atoms with Crippen molar-refractivity contribution in [1.29, 1.82) is 0 Å². The van der Waals surface area contributed by atoms with Crippen molar-refractivity contribution in [2.45, 2.75) is 18.9 Å². The Morgan fingerprint density at radius 3 is 2.50 bits per heavy atom. The van der Waals surface area contributed by atoms with Crippen LogP contribution in [0.25, 0.3) is 0 Å². The number of rotatable bonds is 4. The third-order valence-electron chi connectivity index (χ3n) is 3.54. The highest BCUT2D eigenvalue weighted by atomic mass is 16.5. The molecule has 0 N–H and O–H groups in total. The van der Waals surface area contributed by atoms with Gasteiger partial charge in [-0.15, -0.1) is 0 Å². The van der Waals surface area contributed by atoms with Crippen LogP contribution in [0, 0.1) is 0 Å². The molecule has 2 rings (SSSR count). The summed E-state index contributed by atoms with van der Waals surface area (Å²) in [6.45, 7) is 2.04. The number of piperidine rings is 1. The standard InChI is InChI=1S/C15H21NO4/c1-16-8-6-12(7-9-16)20-14-10-11(15(17)19-3)4-5-13(14)18-2/h4-5,10,12H,6-9H2,1-3H3. The predicted octanol–water partition coefficient (Wildman–Crippen LogP) is 1.95. The quantitative estimate of drug-likeness (QED) is 0.788. The Bertz CT molecular complexity index is 467. The van der Waals surface area contributed by atoms with Crippen LogP contribution in [0.2, 0.25) is 0 Å². The molecular formula is C15H21NO4. The minimum atomic E-state index is -0.374. The van der Waals surface area contributed by atoms with Gasteiger partial charge in [0, 0.05) is 13.1 Å². The van der Waals surface area contributed by atoms with E-state index in [1.165, 1.54) is 7.11 Å². The lowest BCUT2D eigenvalue weighted by molar-refractivity contribution is 0.0599. The number of carbonyl (C=O) groups is 1. The van der Waals surface area contributed by atoms with E-state index in [0.717, 1.165) is 25.9 Å². The fourth-order valence-electron chi connectivity index (χ4n) is 2.30. The maximum absolute atomic E-state index is 11.6. The first kappa shape index (κ1) is 14.7. The van der Waals surface area contributed by atoms with Crippen molar-refractivity contribution in [2.75, 3.05) is 34.4 Å². The van der Waals surface area contributed by atoms with Gasteiger partial charge < -0.3 is 19.1 Å². The SMILES string of the molecule is COC(=O)c1ccc(OC)c(OC2CCN(C)CC2)c1. The van der Waals surface area contributed by atoms with Crippen LogP contribution in [-0.4, -0.2) is 51.3 Å². The van der Waals surface area contributed by atoms with Crippen molar-refractivity contribution in [2.24, 2.45) is 0 Å². The number of nitrogens with zero attached hydrogens (tertiary/aromatic N) is 1. The van der Waals surface area contributed by atoms with E-state index in [-0.39, 0.29) is 12.1 Å². The van der Waals surface area contributed by atoms with Crippen molar-refractivity contribution in [3.8, 4) is 11.5 Å². The maximum Gasteiger partial charge on any atom is 0.337 e. The van der Waals surface area contributed by atoms with E-state index in [9.17, 15) is 4.79 Å². The van der Waals surface area contributed by atoms with E-state index in [0.29, 0.717) is 17.1 Å². The predicted molar refractivity (Wildman–Crippen MR) is 75.5 cm³/mol. The molecule has 5 nitrogen and oxygen atoms in total. The van der Waals surface area contributed by atoms with Crippen LogP contribution in [-0.2, 0) is 4.74 Å². The lowest BCUT2D eigenvalue weighted by Gasteiger charge is -2.29. The third-order valence-corrected chi connectivity index (χ3v) is 3.54. The molecule has 110 valence electrons. The summed E-state index contributed by atoms with van der Waals surface area (Å²) < 4.78 is 16.0. The van der Waals surface area contributed by atoms with E-state index >= 15 is 0 Å². The number of likely N-dealkylation sites (tertiary alicyclic amines) is 1. The van der Waals surface area contributed by atoms with E-state index in [1.54, 1.807) is 25.3 Å². The first-order valence-corrected chi connectivity index (χ1v) is 6.75. The number of hydrogen-bond donors (Lipinski definition) is 0. The van der Waals surface area contributed by atoms with Crippen LogP contribution in [0.15, 0.2) is 18.2 Å². The van der Waals surface area contributed by atoms with Gasteiger partial charge in [-0.3, -0.25) is 0 Å². The first-order valence-electron chi connectivity index (χ1n) is 6.75. The van der Waals surface area contributed by atoms with Gasteiger partial charge in [0.15, 0.2) is 11.5 Å². The summed E-state index contributed by atoms with van der Waals surface area (Å²) in [5.41, 5.74) is 0.469. The molecule has 1 aliphatic rings. The third kappa shape index (κ3) is 3.42. The van der Waals surface area contributed by atoms with Crippen molar-refractivity contribution >= 4 is 5.97 Å². The molecule has 1 aromatic carbocycles. The fourth-order valence-corrected chi connectivity index (χ4v) is 2.30. The van der Waals surface area contributed by atoms with Crippen molar-refractivity contribution < 1.29 is 19.0 Å². The smallest absolute Gasteiger partial charge is 0.337 e. The zero-order valence-corrected chi connectivity index (χ0v) is 12.2. The molecule has 0 spiro atoms. The van der Waals surface area contributed by atoms with Crippen LogP contribution in [0.5, 0.6) is 11.5 Å². The van der Waals surface area contributed by atoms with Gasteiger partial charge in [0.1, 0.15) is 6.10 Å². The summed E-state index contributed by atoms with van der Waals surface area (Å²) in [5.74, 6) is 0.863. The molecule has 5 heteroatoms. The zero-order valence-electron chi connectivity index (χ0n) is 12.2. The van der Waals surface area contributed by atoms with Crippen LogP contribution in [0.3, 0.4) is 0 Å². The number of hydrogen-bond acceptors (Lipinski definition) is 5. The molecule has 0 amide bonds. The molecule has 0 bridgehead atoms.